The second-order valence-electron chi connectivity index (χ2n) is 5.91. The van der Waals surface area contributed by atoms with E-state index in [1.807, 2.05) is 23.1 Å². The van der Waals surface area contributed by atoms with Gasteiger partial charge in [-0.3, -0.25) is 4.79 Å². The zero-order chi connectivity index (χ0) is 18.1. The maximum atomic E-state index is 12.2. The van der Waals surface area contributed by atoms with Crippen molar-refractivity contribution in [2.75, 3.05) is 18.0 Å². The van der Waals surface area contributed by atoms with E-state index in [0.717, 1.165) is 5.56 Å². The molecule has 0 atom stereocenters. The molecule has 3 heterocycles. The van der Waals surface area contributed by atoms with Crippen molar-refractivity contribution in [1.29, 1.82) is 5.26 Å². The monoisotopic (exact) mass is 364 g/mol. The Morgan fingerprint density at radius 3 is 2.54 bits per heavy atom. The Bertz CT molecular complexity index is 1050. The number of aromatic nitrogens is 4. The number of rotatable bonds is 3. The van der Waals surface area contributed by atoms with E-state index in [-0.39, 0.29) is 17.3 Å². The van der Waals surface area contributed by atoms with Crippen LogP contribution in [0.25, 0.3) is 11.3 Å². The molecule has 26 heavy (non-hydrogen) atoms. The van der Waals surface area contributed by atoms with Gasteiger partial charge in [0.15, 0.2) is 11.5 Å². The Morgan fingerprint density at radius 2 is 1.81 bits per heavy atom. The van der Waals surface area contributed by atoms with Gasteiger partial charge in [-0.25, -0.2) is 14.6 Å². The highest BCUT2D eigenvalue weighted by Crippen LogP contribution is 2.27. The molecule has 0 spiro atoms. The van der Waals surface area contributed by atoms with Crippen LogP contribution in [0.4, 0.5) is 5.82 Å². The number of halogens is 1. The van der Waals surface area contributed by atoms with E-state index in [4.69, 9.17) is 16.9 Å². The van der Waals surface area contributed by atoms with Crippen LogP contribution in [0.3, 0.4) is 0 Å². The van der Waals surface area contributed by atoms with Gasteiger partial charge < -0.3 is 4.90 Å². The molecule has 1 fully saturated rings. The topological polar surface area (TPSA) is 87.7 Å². The van der Waals surface area contributed by atoms with Crippen molar-refractivity contribution in [2.45, 2.75) is 6.04 Å². The largest absolute Gasteiger partial charge is 0.350 e. The van der Waals surface area contributed by atoms with Gasteiger partial charge in [0.05, 0.1) is 11.7 Å². The summed E-state index contributed by atoms with van der Waals surface area (Å²) in [5.74, 6) is 0.535. The van der Waals surface area contributed by atoms with Crippen LogP contribution in [-0.2, 0) is 0 Å². The van der Waals surface area contributed by atoms with Crippen molar-refractivity contribution in [1.82, 2.24) is 19.7 Å². The van der Waals surface area contributed by atoms with Crippen LogP contribution in [0.5, 0.6) is 0 Å². The summed E-state index contributed by atoms with van der Waals surface area (Å²) in [4.78, 5) is 22.4. The highest BCUT2D eigenvalue weighted by Gasteiger charge is 2.32. The first-order valence-electron chi connectivity index (χ1n) is 7.97. The first kappa shape index (κ1) is 16.2. The quantitative estimate of drug-likeness (QED) is 0.708. The van der Waals surface area contributed by atoms with Gasteiger partial charge in [0.2, 0.25) is 0 Å². The molecule has 3 aromatic rings. The van der Waals surface area contributed by atoms with Crippen molar-refractivity contribution >= 4 is 17.4 Å². The van der Waals surface area contributed by atoms with Crippen LogP contribution >= 0.6 is 11.6 Å². The fourth-order valence-corrected chi connectivity index (χ4v) is 3.01. The molecular formula is C18H13ClN6O. The molecule has 1 saturated heterocycles. The van der Waals surface area contributed by atoms with E-state index in [0.29, 0.717) is 29.6 Å². The van der Waals surface area contributed by atoms with Gasteiger partial charge in [0.1, 0.15) is 6.07 Å². The molecule has 4 rings (SSSR count). The molecule has 0 N–H and O–H groups in total. The third kappa shape index (κ3) is 2.91. The summed E-state index contributed by atoms with van der Waals surface area (Å²) in [6.07, 6.45) is 3.04. The number of nitriles is 1. The number of benzene rings is 1. The molecule has 7 nitrogen and oxygen atoms in total. The summed E-state index contributed by atoms with van der Waals surface area (Å²) in [5.41, 5.74) is 1.71. The molecule has 0 bridgehead atoms. The van der Waals surface area contributed by atoms with E-state index in [9.17, 15) is 4.79 Å². The second-order valence-corrected chi connectivity index (χ2v) is 6.34. The zero-order valence-corrected chi connectivity index (χ0v) is 14.3. The first-order chi connectivity index (χ1) is 12.7. The van der Waals surface area contributed by atoms with Crippen molar-refractivity contribution in [3.8, 4) is 17.3 Å². The SMILES string of the molecule is N#Cc1nccnc1N1CC(n2nc(-c3ccc(Cl)cc3)ccc2=O)C1. The van der Waals surface area contributed by atoms with Crippen LogP contribution in [0.1, 0.15) is 11.7 Å². The number of hydrogen-bond donors (Lipinski definition) is 0. The van der Waals surface area contributed by atoms with Crippen molar-refractivity contribution in [3.05, 3.63) is 69.9 Å². The van der Waals surface area contributed by atoms with Gasteiger partial charge in [0.25, 0.3) is 5.56 Å². The fourth-order valence-electron chi connectivity index (χ4n) is 2.89. The average Bonchev–Trinajstić information content (AvgIpc) is 2.63. The highest BCUT2D eigenvalue weighted by molar-refractivity contribution is 6.30. The molecule has 128 valence electrons. The standard InChI is InChI=1S/C18H13ClN6O/c19-13-3-1-12(2-4-13)15-5-6-17(26)25(23-15)14-10-24(11-14)18-16(9-20)21-7-8-22-18/h1-8,14H,10-11H2. The molecule has 0 amide bonds. The molecule has 8 heteroatoms. The van der Waals surface area contributed by atoms with Gasteiger partial charge in [-0.05, 0) is 18.2 Å². The molecule has 1 aromatic carbocycles. The summed E-state index contributed by atoms with van der Waals surface area (Å²) in [6, 6.07) is 12.5. The molecule has 2 aromatic heterocycles. The lowest BCUT2D eigenvalue weighted by Crippen LogP contribution is -2.51. The lowest BCUT2D eigenvalue weighted by molar-refractivity contribution is 0.352. The highest BCUT2D eigenvalue weighted by atomic mass is 35.5. The molecule has 0 saturated carbocycles. The summed E-state index contributed by atoms with van der Waals surface area (Å²) in [7, 11) is 0. The summed E-state index contributed by atoms with van der Waals surface area (Å²) in [6.45, 7) is 1.09. The second kappa shape index (κ2) is 6.58. The molecule has 1 aliphatic rings. The van der Waals surface area contributed by atoms with Gasteiger partial charge in [-0.2, -0.15) is 10.4 Å². The Hall–Kier alpha value is -3.24. The minimum absolute atomic E-state index is 0.0803. The van der Waals surface area contributed by atoms with Crippen molar-refractivity contribution in [2.24, 2.45) is 0 Å². The molecular weight excluding hydrogens is 352 g/mol. The maximum Gasteiger partial charge on any atom is 0.267 e. The lowest BCUT2D eigenvalue weighted by Gasteiger charge is -2.40. The van der Waals surface area contributed by atoms with Gasteiger partial charge in [0, 0.05) is 42.1 Å². The maximum absolute atomic E-state index is 12.2. The fraction of sp³-hybridized carbons (Fsp3) is 0.167. The predicted molar refractivity (Wildman–Crippen MR) is 96.9 cm³/mol. The van der Waals surface area contributed by atoms with Crippen LogP contribution in [0, 0.1) is 11.3 Å². The van der Waals surface area contributed by atoms with Crippen LogP contribution in [-0.4, -0.2) is 32.8 Å². The van der Waals surface area contributed by atoms with Crippen LogP contribution in [0.15, 0.2) is 53.6 Å². The number of hydrogen-bond acceptors (Lipinski definition) is 6. The molecule has 1 aliphatic heterocycles. The third-order valence-electron chi connectivity index (χ3n) is 4.26. The van der Waals surface area contributed by atoms with E-state index >= 15 is 0 Å². The summed E-state index contributed by atoms with van der Waals surface area (Å²) < 4.78 is 1.49. The van der Waals surface area contributed by atoms with E-state index in [2.05, 4.69) is 15.1 Å². The third-order valence-corrected chi connectivity index (χ3v) is 4.51. The minimum atomic E-state index is -0.160. The smallest absolute Gasteiger partial charge is 0.267 e. The van der Waals surface area contributed by atoms with E-state index in [1.165, 1.54) is 16.9 Å². The van der Waals surface area contributed by atoms with E-state index in [1.54, 1.807) is 24.4 Å². The normalized spacial score (nSPS) is 13.9. The van der Waals surface area contributed by atoms with Gasteiger partial charge >= 0.3 is 0 Å². The average molecular weight is 365 g/mol. The van der Waals surface area contributed by atoms with Crippen LogP contribution in [0.2, 0.25) is 5.02 Å². The lowest BCUT2D eigenvalue weighted by atomic mass is 10.1. The zero-order valence-electron chi connectivity index (χ0n) is 13.6. The van der Waals surface area contributed by atoms with Crippen molar-refractivity contribution < 1.29 is 0 Å². The molecule has 0 unspecified atom stereocenters. The minimum Gasteiger partial charge on any atom is -0.350 e. The van der Waals surface area contributed by atoms with E-state index < -0.39 is 0 Å². The molecule has 0 radical (unpaired) electrons. The first-order valence-corrected chi connectivity index (χ1v) is 8.35. The Labute approximate surface area is 154 Å². The Morgan fingerprint density at radius 1 is 1.08 bits per heavy atom. The predicted octanol–water partition coefficient (Wildman–Crippen LogP) is 2.29. The van der Waals surface area contributed by atoms with Crippen molar-refractivity contribution in [3.63, 3.8) is 0 Å². The number of anilines is 1. The van der Waals surface area contributed by atoms with Gasteiger partial charge in [-0.1, -0.05) is 23.7 Å². The van der Waals surface area contributed by atoms with Crippen LogP contribution < -0.4 is 10.5 Å². The Balaban J connectivity index is 1.58. The summed E-state index contributed by atoms with van der Waals surface area (Å²) in [5, 5.41) is 14.3. The summed E-state index contributed by atoms with van der Waals surface area (Å²) >= 11 is 5.92. The Kier molecular flexibility index (Phi) is 4.11. The van der Waals surface area contributed by atoms with Gasteiger partial charge in [-0.15, -0.1) is 0 Å². The number of nitrogens with zero attached hydrogens (tertiary/aromatic N) is 6. The molecule has 0 aliphatic carbocycles.